The summed E-state index contributed by atoms with van der Waals surface area (Å²) in [5.41, 5.74) is 0.214. The fraction of sp³-hybridized carbons (Fsp3) is 0.588. The summed E-state index contributed by atoms with van der Waals surface area (Å²) in [7, 11) is 0. The Labute approximate surface area is 126 Å². The highest BCUT2D eigenvalue weighted by molar-refractivity contribution is 5.98. The number of piperazine rings is 1. The van der Waals surface area contributed by atoms with E-state index >= 15 is 0 Å². The highest BCUT2D eigenvalue weighted by Crippen LogP contribution is 2.15. The minimum absolute atomic E-state index is 0.0978. The molecule has 1 aromatic carbocycles. The number of hydrogen-bond donors (Lipinski definition) is 0. The first-order valence-corrected chi connectivity index (χ1v) is 7.74. The molecule has 0 radical (unpaired) electrons. The summed E-state index contributed by atoms with van der Waals surface area (Å²) < 4.78 is 13.7. The van der Waals surface area contributed by atoms with Crippen molar-refractivity contribution < 1.29 is 9.18 Å². The molecule has 21 heavy (non-hydrogen) atoms. The Bertz CT molecular complexity index is 481. The Kier molecular flexibility index (Phi) is 5.48. The molecule has 1 aliphatic rings. The van der Waals surface area contributed by atoms with Crippen LogP contribution < -0.4 is 0 Å². The molecular formula is C17H25FN2O. The molecule has 3 nitrogen and oxygen atoms in total. The van der Waals surface area contributed by atoms with E-state index < -0.39 is 5.82 Å². The molecule has 1 unspecified atom stereocenters. The van der Waals surface area contributed by atoms with Gasteiger partial charge in [-0.1, -0.05) is 19.1 Å². The largest absolute Gasteiger partial charge is 0.300 e. The zero-order valence-corrected chi connectivity index (χ0v) is 13.2. The van der Waals surface area contributed by atoms with Crippen molar-refractivity contribution in [2.24, 2.45) is 5.92 Å². The summed E-state index contributed by atoms with van der Waals surface area (Å²) in [5, 5.41) is 0. The Morgan fingerprint density at radius 2 is 1.76 bits per heavy atom. The van der Waals surface area contributed by atoms with E-state index in [4.69, 9.17) is 0 Å². The van der Waals surface area contributed by atoms with Gasteiger partial charge in [0.2, 0.25) is 0 Å². The molecule has 0 amide bonds. The normalized spacial score (nSPS) is 18.9. The highest BCUT2D eigenvalue weighted by Gasteiger charge is 2.24. The van der Waals surface area contributed by atoms with Crippen LogP contribution in [0.1, 0.15) is 31.1 Å². The summed E-state index contributed by atoms with van der Waals surface area (Å²) in [6.45, 7) is 11.1. The van der Waals surface area contributed by atoms with Crippen molar-refractivity contribution in [3.63, 3.8) is 0 Å². The van der Waals surface area contributed by atoms with E-state index in [9.17, 15) is 9.18 Å². The number of Topliss-reactive ketones (excluding diaryl/α,β-unsaturated/α-hetero) is 1. The molecule has 1 heterocycles. The molecule has 1 atom stereocenters. The van der Waals surface area contributed by atoms with Crippen LogP contribution in [-0.2, 0) is 0 Å². The van der Waals surface area contributed by atoms with Crippen LogP contribution in [0.15, 0.2) is 24.3 Å². The van der Waals surface area contributed by atoms with Crippen molar-refractivity contribution in [3.05, 3.63) is 35.6 Å². The zero-order chi connectivity index (χ0) is 15.4. The van der Waals surface area contributed by atoms with Crippen LogP contribution >= 0.6 is 0 Å². The average molecular weight is 292 g/mol. The molecule has 116 valence electrons. The van der Waals surface area contributed by atoms with Crippen molar-refractivity contribution >= 4 is 5.78 Å². The van der Waals surface area contributed by atoms with Gasteiger partial charge in [0.15, 0.2) is 5.78 Å². The third-order valence-corrected chi connectivity index (χ3v) is 4.26. The molecule has 0 aromatic heterocycles. The molecule has 1 aromatic rings. The maximum Gasteiger partial charge on any atom is 0.169 e. The smallest absolute Gasteiger partial charge is 0.169 e. The summed E-state index contributed by atoms with van der Waals surface area (Å²) in [6, 6.07) is 6.82. The van der Waals surface area contributed by atoms with Crippen LogP contribution in [0.25, 0.3) is 0 Å². The Morgan fingerprint density at radius 1 is 1.14 bits per heavy atom. The van der Waals surface area contributed by atoms with Gasteiger partial charge < -0.3 is 4.90 Å². The van der Waals surface area contributed by atoms with Crippen molar-refractivity contribution in [2.45, 2.75) is 26.8 Å². The van der Waals surface area contributed by atoms with Gasteiger partial charge in [-0.15, -0.1) is 0 Å². The Morgan fingerprint density at radius 3 is 2.33 bits per heavy atom. The molecule has 4 heteroatoms. The molecule has 2 rings (SSSR count). The maximum absolute atomic E-state index is 13.7. The lowest BCUT2D eigenvalue weighted by Gasteiger charge is -2.37. The first-order valence-electron chi connectivity index (χ1n) is 7.74. The van der Waals surface area contributed by atoms with Crippen LogP contribution in [0.3, 0.4) is 0 Å². The van der Waals surface area contributed by atoms with E-state index in [0.717, 1.165) is 26.2 Å². The Balaban J connectivity index is 1.89. The van der Waals surface area contributed by atoms with Gasteiger partial charge in [-0.3, -0.25) is 9.69 Å². The fourth-order valence-electron chi connectivity index (χ4n) is 2.86. The van der Waals surface area contributed by atoms with Crippen LogP contribution in [-0.4, -0.2) is 54.3 Å². The minimum Gasteiger partial charge on any atom is -0.300 e. The van der Waals surface area contributed by atoms with E-state index in [2.05, 4.69) is 23.6 Å². The number of rotatable bonds is 5. The number of nitrogens with zero attached hydrogens (tertiary/aromatic N) is 2. The minimum atomic E-state index is -0.418. The van der Waals surface area contributed by atoms with Gasteiger partial charge in [-0.05, 0) is 26.0 Å². The van der Waals surface area contributed by atoms with Crippen LogP contribution in [0.5, 0.6) is 0 Å². The first kappa shape index (κ1) is 16.1. The summed E-state index contributed by atoms with van der Waals surface area (Å²) >= 11 is 0. The molecule has 1 aliphatic heterocycles. The lowest BCUT2D eigenvalue weighted by Crippen LogP contribution is -2.50. The van der Waals surface area contributed by atoms with Gasteiger partial charge in [0.05, 0.1) is 5.56 Å². The monoisotopic (exact) mass is 292 g/mol. The van der Waals surface area contributed by atoms with Crippen molar-refractivity contribution in [1.82, 2.24) is 9.80 Å². The molecule has 0 saturated carbocycles. The topological polar surface area (TPSA) is 23.6 Å². The number of carbonyl (C=O) groups excluding carboxylic acids is 1. The van der Waals surface area contributed by atoms with Gasteiger partial charge in [-0.25, -0.2) is 4.39 Å². The quantitative estimate of drug-likeness (QED) is 0.780. The SMILES string of the molecule is CC(CN1CCN(C(C)C)CC1)C(=O)c1ccccc1F. The standard InChI is InChI=1S/C17H25FN2O/c1-13(2)20-10-8-19(9-11-20)12-14(3)17(21)15-6-4-5-7-16(15)18/h4-7,13-14H,8-12H2,1-3H3. The second-order valence-electron chi connectivity index (χ2n) is 6.18. The molecule has 0 bridgehead atoms. The second kappa shape index (κ2) is 7.14. The average Bonchev–Trinajstić information content (AvgIpc) is 2.47. The van der Waals surface area contributed by atoms with Crippen LogP contribution in [0.4, 0.5) is 4.39 Å². The third kappa shape index (κ3) is 4.11. The van der Waals surface area contributed by atoms with E-state index in [1.807, 2.05) is 6.92 Å². The van der Waals surface area contributed by atoms with Gasteiger partial charge >= 0.3 is 0 Å². The fourth-order valence-corrected chi connectivity index (χ4v) is 2.86. The van der Waals surface area contributed by atoms with E-state index in [-0.39, 0.29) is 17.3 Å². The molecule has 0 N–H and O–H groups in total. The molecular weight excluding hydrogens is 267 g/mol. The van der Waals surface area contributed by atoms with Crippen LogP contribution in [0.2, 0.25) is 0 Å². The van der Waals surface area contributed by atoms with E-state index in [1.165, 1.54) is 6.07 Å². The molecule has 1 saturated heterocycles. The second-order valence-corrected chi connectivity index (χ2v) is 6.18. The lowest BCUT2D eigenvalue weighted by molar-refractivity contribution is 0.0785. The van der Waals surface area contributed by atoms with Gasteiger partial charge in [0.1, 0.15) is 5.82 Å². The molecule has 0 aliphatic carbocycles. The molecule has 1 fully saturated rings. The summed E-state index contributed by atoms with van der Waals surface area (Å²) in [5.74, 6) is -0.689. The van der Waals surface area contributed by atoms with Crippen LogP contribution in [0, 0.1) is 11.7 Å². The molecule has 0 spiro atoms. The number of ketones is 1. The van der Waals surface area contributed by atoms with Crippen molar-refractivity contribution in [2.75, 3.05) is 32.7 Å². The van der Waals surface area contributed by atoms with E-state index in [0.29, 0.717) is 12.6 Å². The number of benzene rings is 1. The maximum atomic E-state index is 13.7. The van der Waals surface area contributed by atoms with Crippen molar-refractivity contribution in [1.29, 1.82) is 0 Å². The number of halogens is 1. The number of carbonyl (C=O) groups is 1. The Hall–Kier alpha value is -1.26. The predicted molar refractivity (Wildman–Crippen MR) is 83.0 cm³/mol. The summed E-state index contributed by atoms with van der Waals surface area (Å²) in [4.78, 5) is 17.1. The third-order valence-electron chi connectivity index (χ3n) is 4.26. The number of hydrogen-bond acceptors (Lipinski definition) is 3. The first-order chi connectivity index (χ1) is 9.99. The van der Waals surface area contributed by atoms with Gasteiger partial charge in [0.25, 0.3) is 0 Å². The predicted octanol–water partition coefficient (Wildman–Crippen LogP) is 2.67. The summed E-state index contributed by atoms with van der Waals surface area (Å²) in [6.07, 6.45) is 0. The van der Waals surface area contributed by atoms with Gasteiger partial charge in [0, 0.05) is 44.7 Å². The van der Waals surface area contributed by atoms with Crippen molar-refractivity contribution in [3.8, 4) is 0 Å². The lowest BCUT2D eigenvalue weighted by atomic mass is 9.98. The van der Waals surface area contributed by atoms with E-state index in [1.54, 1.807) is 18.2 Å². The van der Waals surface area contributed by atoms with Gasteiger partial charge in [-0.2, -0.15) is 0 Å². The zero-order valence-electron chi connectivity index (χ0n) is 13.2. The highest BCUT2D eigenvalue weighted by atomic mass is 19.1.